The third-order valence-electron chi connectivity index (χ3n) is 4.28. The van der Waals surface area contributed by atoms with Gasteiger partial charge in [-0.05, 0) is 41.9 Å². The van der Waals surface area contributed by atoms with E-state index < -0.39 is 0 Å². The number of carbonyl (C=O) groups excluding carboxylic acids is 1. The van der Waals surface area contributed by atoms with Gasteiger partial charge in [0.1, 0.15) is 0 Å². The monoisotopic (exact) mass is 354 g/mol. The van der Waals surface area contributed by atoms with Crippen molar-refractivity contribution in [2.45, 2.75) is 32.7 Å². The first kappa shape index (κ1) is 17.4. The summed E-state index contributed by atoms with van der Waals surface area (Å²) in [6, 6.07) is 13.9. The first-order valence-electron chi connectivity index (χ1n) is 8.61. The van der Waals surface area contributed by atoms with Crippen molar-refractivity contribution >= 4 is 34.1 Å². The van der Waals surface area contributed by atoms with E-state index in [4.69, 9.17) is 17.0 Å². The Kier molecular flexibility index (Phi) is 5.34. The van der Waals surface area contributed by atoms with Crippen LogP contribution in [0.2, 0.25) is 0 Å². The molecule has 0 amide bonds. The van der Waals surface area contributed by atoms with Gasteiger partial charge in [0.2, 0.25) is 0 Å². The molecule has 0 saturated heterocycles. The maximum Gasteiger partial charge on any atom is 0.338 e. The number of rotatable bonds is 5. The van der Waals surface area contributed by atoms with Gasteiger partial charge in [-0.15, -0.1) is 0 Å². The molecule has 130 valence electrons. The van der Waals surface area contributed by atoms with Crippen molar-refractivity contribution in [1.29, 1.82) is 0 Å². The quantitative estimate of drug-likeness (QED) is 0.628. The van der Waals surface area contributed by atoms with Gasteiger partial charge in [0.15, 0.2) is 5.11 Å². The van der Waals surface area contributed by atoms with E-state index in [9.17, 15) is 4.79 Å². The minimum Gasteiger partial charge on any atom is -0.463 e. The third kappa shape index (κ3) is 3.51. The van der Waals surface area contributed by atoms with Crippen molar-refractivity contribution in [3.05, 3.63) is 59.3 Å². The molecule has 0 radical (unpaired) electrons. The second-order valence-corrected chi connectivity index (χ2v) is 6.37. The van der Waals surface area contributed by atoms with E-state index in [-0.39, 0.29) is 12.0 Å². The highest BCUT2D eigenvalue weighted by Crippen LogP contribution is 2.33. The molecule has 4 nitrogen and oxygen atoms in total. The lowest BCUT2D eigenvalue weighted by Crippen LogP contribution is -2.45. The Labute approximate surface area is 153 Å². The van der Waals surface area contributed by atoms with Crippen molar-refractivity contribution in [3.63, 3.8) is 0 Å². The minimum atomic E-state index is -0.319. The number of hydrogen-bond donors (Lipinski definition) is 2. The number of benzene rings is 2. The number of allylic oxidation sites excluding steroid dienone is 1. The molecule has 1 aliphatic heterocycles. The fourth-order valence-electron chi connectivity index (χ4n) is 3.25. The minimum absolute atomic E-state index is 0.300. The van der Waals surface area contributed by atoms with E-state index in [2.05, 4.69) is 35.8 Å². The number of ether oxygens (including phenoxy) is 1. The summed E-state index contributed by atoms with van der Waals surface area (Å²) < 4.78 is 5.34. The van der Waals surface area contributed by atoms with Crippen LogP contribution in [0.5, 0.6) is 0 Å². The van der Waals surface area contributed by atoms with Crippen LogP contribution >= 0.6 is 12.2 Å². The molecule has 2 aromatic carbocycles. The molecule has 0 unspecified atom stereocenters. The Hall–Kier alpha value is -2.40. The zero-order chi connectivity index (χ0) is 17.8. The fourth-order valence-corrected chi connectivity index (χ4v) is 3.49. The predicted octanol–water partition coefficient (Wildman–Crippen LogP) is 3.98. The molecule has 25 heavy (non-hydrogen) atoms. The van der Waals surface area contributed by atoms with Crippen LogP contribution in [0.3, 0.4) is 0 Å². The molecule has 3 rings (SSSR count). The highest BCUT2D eigenvalue weighted by molar-refractivity contribution is 7.80. The zero-order valence-electron chi connectivity index (χ0n) is 14.5. The Morgan fingerprint density at radius 1 is 1.16 bits per heavy atom. The number of hydrogen-bond acceptors (Lipinski definition) is 3. The lowest BCUT2D eigenvalue weighted by molar-refractivity contribution is -0.139. The van der Waals surface area contributed by atoms with E-state index in [0.717, 1.165) is 34.9 Å². The van der Waals surface area contributed by atoms with Gasteiger partial charge in [0, 0.05) is 5.70 Å². The van der Waals surface area contributed by atoms with E-state index in [0.29, 0.717) is 17.3 Å². The summed E-state index contributed by atoms with van der Waals surface area (Å²) in [7, 11) is 0. The molecule has 0 aromatic heterocycles. The molecule has 1 atom stereocenters. The molecular weight excluding hydrogens is 332 g/mol. The van der Waals surface area contributed by atoms with Crippen molar-refractivity contribution in [1.82, 2.24) is 10.6 Å². The van der Waals surface area contributed by atoms with Crippen LogP contribution in [-0.2, 0) is 9.53 Å². The smallest absolute Gasteiger partial charge is 0.338 e. The SMILES string of the molecule is CCCC1=C(C(=O)OCC)[C@@H](c2cccc3ccccc23)NC(=S)N1. The first-order valence-corrected chi connectivity index (χ1v) is 9.01. The number of thiocarbonyl (C=S) groups is 1. The maximum absolute atomic E-state index is 12.7. The average molecular weight is 354 g/mol. The van der Waals surface area contributed by atoms with Crippen LogP contribution in [0.15, 0.2) is 53.7 Å². The maximum atomic E-state index is 12.7. The van der Waals surface area contributed by atoms with Gasteiger partial charge in [-0.2, -0.15) is 0 Å². The molecule has 0 aliphatic carbocycles. The Morgan fingerprint density at radius 3 is 2.68 bits per heavy atom. The first-order chi connectivity index (χ1) is 12.2. The van der Waals surface area contributed by atoms with E-state index >= 15 is 0 Å². The summed E-state index contributed by atoms with van der Waals surface area (Å²) >= 11 is 5.39. The van der Waals surface area contributed by atoms with E-state index in [1.54, 1.807) is 0 Å². The summed E-state index contributed by atoms with van der Waals surface area (Å²) in [4.78, 5) is 12.7. The number of carbonyl (C=O) groups is 1. The van der Waals surface area contributed by atoms with Gasteiger partial charge >= 0.3 is 5.97 Å². The van der Waals surface area contributed by atoms with Crippen LogP contribution in [0.1, 0.15) is 38.3 Å². The summed E-state index contributed by atoms with van der Waals surface area (Å²) in [6.07, 6.45) is 1.66. The Morgan fingerprint density at radius 2 is 1.92 bits per heavy atom. The van der Waals surface area contributed by atoms with Gasteiger partial charge in [-0.25, -0.2) is 4.79 Å². The Bertz CT molecular complexity index is 839. The third-order valence-corrected chi connectivity index (χ3v) is 4.50. The van der Waals surface area contributed by atoms with Crippen molar-refractivity contribution in [3.8, 4) is 0 Å². The normalized spacial score (nSPS) is 17.2. The summed E-state index contributed by atoms with van der Waals surface area (Å²) in [5.41, 5.74) is 2.50. The highest BCUT2D eigenvalue weighted by atomic mass is 32.1. The van der Waals surface area contributed by atoms with Gasteiger partial charge in [0.25, 0.3) is 0 Å². The van der Waals surface area contributed by atoms with Crippen LogP contribution in [0.25, 0.3) is 10.8 Å². The van der Waals surface area contributed by atoms with Crippen molar-refractivity contribution < 1.29 is 9.53 Å². The zero-order valence-corrected chi connectivity index (χ0v) is 15.3. The van der Waals surface area contributed by atoms with Crippen LogP contribution in [0, 0.1) is 0 Å². The molecular formula is C20H22N2O2S. The van der Waals surface area contributed by atoms with Crippen molar-refractivity contribution in [2.24, 2.45) is 0 Å². The lowest BCUT2D eigenvalue weighted by Gasteiger charge is -2.31. The summed E-state index contributed by atoms with van der Waals surface area (Å²) in [5, 5.41) is 9.19. The second-order valence-electron chi connectivity index (χ2n) is 5.96. The van der Waals surface area contributed by atoms with Gasteiger partial charge < -0.3 is 15.4 Å². The van der Waals surface area contributed by atoms with Crippen LogP contribution in [-0.4, -0.2) is 17.7 Å². The predicted molar refractivity (Wildman–Crippen MR) is 104 cm³/mol. The van der Waals surface area contributed by atoms with Gasteiger partial charge in [-0.3, -0.25) is 0 Å². The topological polar surface area (TPSA) is 50.4 Å². The molecule has 0 bridgehead atoms. The second kappa shape index (κ2) is 7.66. The molecule has 0 fully saturated rings. The lowest BCUT2D eigenvalue weighted by atomic mass is 9.90. The van der Waals surface area contributed by atoms with Crippen LogP contribution in [0.4, 0.5) is 0 Å². The van der Waals surface area contributed by atoms with Gasteiger partial charge in [-0.1, -0.05) is 55.8 Å². The number of fused-ring (bicyclic) bond motifs is 1. The fraction of sp³-hybridized carbons (Fsp3) is 0.300. The number of nitrogens with one attached hydrogen (secondary N) is 2. The average Bonchev–Trinajstić information content (AvgIpc) is 2.61. The van der Waals surface area contributed by atoms with E-state index in [1.165, 1.54) is 0 Å². The van der Waals surface area contributed by atoms with Crippen LogP contribution < -0.4 is 10.6 Å². The standard InChI is InChI=1S/C20H22N2O2S/c1-3-8-16-17(19(23)24-4-2)18(22-20(25)21-16)15-12-7-10-13-9-5-6-11-14(13)15/h5-7,9-12,18H,3-4,8H2,1-2H3,(H2,21,22,25)/t18-/m1/s1. The van der Waals surface area contributed by atoms with E-state index in [1.807, 2.05) is 31.2 Å². The summed E-state index contributed by atoms with van der Waals surface area (Å²) in [5.74, 6) is -0.300. The largest absolute Gasteiger partial charge is 0.463 e. The highest BCUT2D eigenvalue weighted by Gasteiger charge is 2.32. The molecule has 1 heterocycles. The molecule has 2 aromatic rings. The molecule has 0 saturated carbocycles. The Balaban J connectivity index is 2.17. The van der Waals surface area contributed by atoms with Gasteiger partial charge in [0.05, 0.1) is 18.2 Å². The molecule has 0 spiro atoms. The molecule has 5 heteroatoms. The summed E-state index contributed by atoms with van der Waals surface area (Å²) in [6.45, 7) is 4.24. The molecule has 1 aliphatic rings. The van der Waals surface area contributed by atoms with Crippen molar-refractivity contribution in [2.75, 3.05) is 6.61 Å². The number of esters is 1. The molecule has 2 N–H and O–H groups in total.